The van der Waals surface area contributed by atoms with E-state index in [-0.39, 0.29) is 0 Å². The summed E-state index contributed by atoms with van der Waals surface area (Å²) in [6.45, 7) is 2.26. The quantitative estimate of drug-likeness (QED) is 0.754. The Hall–Kier alpha value is -1.20. The van der Waals surface area contributed by atoms with Gasteiger partial charge in [0.05, 0.1) is 10.6 Å². The molecule has 14 heavy (non-hydrogen) atoms. The molecule has 0 aromatic carbocycles. The largest absolute Gasteiger partial charge is 0.416 e. The number of hydrogen-bond acceptors (Lipinski definition) is 5. The zero-order chi connectivity index (χ0) is 9.97. The molecular formula is C9H7NO2S2. The first kappa shape index (κ1) is 9.36. The maximum absolute atomic E-state index is 10.2. The van der Waals surface area contributed by atoms with E-state index >= 15 is 0 Å². The average molecular weight is 225 g/mol. The van der Waals surface area contributed by atoms with E-state index in [9.17, 15) is 4.79 Å². The third-order valence-corrected chi connectivity index (χ3v) is 3.73. The van der Waals surface area contributed by atoms with Crippen LogP contribution in [0.1, 0.15) is 5.69 Å². The van der Waals surface area contributed by atoms with Crippen LogP contribution in [0.5, 0.6) is 5.06 Å². The van der Waals surface area contributed by atoms with Crippen LogP contribution in [0.3, 0.4) is 0 Å². The Kier molecular flexibility index (Phi) is 2.60. The average Bonchev–Trinajstić information content (AvgIpc) is 2.76. The summed E-state index contributed by atoms with van der Waals surface area (Å²) in [5, 5.41) is 3.46. The van der Waals surface area contributed by atoms with Gasteiger partial charge in [-0.3, -0.25) is 4.79 Å². The summed E-state index contributed by atoms with van der Waals surface area (Å²) in [7, 11) is 0. The number of aryl methyl sites for hydroxylation is 1. The molecular weight excluding hydrogens is 218 g/mol. The Bertz CT molecular complexity index is 434. The summed E-state index contributed by atoms with van der Waals surface area (Å²) in [4.78, 5) is 15.6. The SMILES string of the molecule is Cc1nc(-c2cccs2)sc1OC=O. The fraction of sp³-hybridized carbons (Fsp3) is 0.111. The van der Waals surface area contributed by atoms with E-state index in [2.05, 4.69) is 4.98 Å². The Labute approximate surface area is 89.0 Å². The number of nitrogens with zero attached hydrogens (tertiary/aromatic N) is 1. The van der Waals surface area contributed by atoms with Crippen molar-refractivity contribution in [3.8, 4) is 14.9 Å². The molecule has 5 heteroatoms. The molecule has 0 aliphatic carbocycles. The molecule has 3 nitrogen and oxygen atoms in total. The third-order valence-electron chi connectivity index (χ3n) is 1.64. The van der Waals surface area contributed by atoms with Crippen molar-refractivity contribution in [2.24, 2.45) is 0 Å². The van der Waals surface area contributed by atoms with E-state index in [1.165, 1.54) is 11.3 Å². The number of carbonyl (C=O) groups excluding carboxylic acids is 1. The molecule has 0 bridgehead atoms. The van der Waals surface area contributed by atoms with Crippen LogP contribution in [0, 0.1) is 6.92 Å². The van der Waals surface area contributed by atoms with Gasteiger partial charge in [0, 0.05) is 0 Å². The minimum absolute atomic E-state index is 0.429. The molecule has 0 N–H and O–H groups in total. The number of thiophene rings is 1. The highest BCUT2D eigenvalue weighted by Crippen LogP contribution is 2.35. The molecule has 2 rings (SSSR count). The van der Waals surface area contributed by atoms with Gasteiger partial charge in [0.25, 0.3) is 6.47 Å². The maximum Gasteiger partial charge on any atom is 0.299 e. The van der Waals surface area contributed by atoms with Crippen molar-refractivity contribution in [1.29, 1.82) is 0 Å². The van der Waals surface area contributed by atoms with Gasteiger partial charge in [0.2, 0.25) is 5.06 Å². The number of aromatic nitrogens is 1. The lowest BCUT2D eigenvalue weighted by Crippen LogP contribution is -1.86. The van der Waals surface area contributed by atoms with Gasteiger partial charge < -0.3 is 4.74 Å². The van der Waals surface area contributed by atoms with Gasteiger partial charge in [-0.05, 0) is 18.4 Å². The maximum atomic E-state index is 10.2. The molecule has 0 amide bonds. The van der Waals surface area contributed by atoms with E-state index in [1.54, 1.807) is 11.3 Å². The Morgan fingerprint density at radius 3 is 3.07 bits per heavy atom. The summed E-state index contributed by atoms with van der Waals surface area (Å²) < 4.78 is 4.80. The van der Waals surface area contributed by atoms with Crippen molar-refractivity contribution in [2.45, 2.75) is 6.92 Å². The number of hydrogen-bond donors (Lipinski definition) is 0. The smallest absolute Gasteiger partial charge is 0.299 e. The van der Waals surface area contributed by atoms with E-state index in [0.29, 0.717) is 11.5 Å². The molecule has 0 radical (unpaired) electrons. The lowest BCUT2D eigenvalue weighted by Gasteiger charge is -1.88. The van der Waals surface area contributed by atoms with Gasteiger partial charge in [-0.2, -0.15) is 0 Å². The van der Waals surface area contributed by atoms with Crippen LogP contribution in [-0.2, 0) is 4.79 Å². The van der Waals surface area contributed by atoms with Gasteiger partial charge in [-0.1, -0.05) is 17.4 Å². The summed E-state index contributed by atoms with van der Waals surface area (Å²) in [5.41, 5.74) is 0.755. The van der Waals surface area contributed by atoms with Gasteiger partial charge in [-0.15, -0.1) is 11.3 Å². The first-order chi connectivity index (χ1) is 6.81. The second-order valence-corrected chi connectivity index (χ2v) is 4.49. The topological polar surface area (TPSA) is 39.2 Å². The monoisotopic (exact) mass is 225 g/mol. The van der Waals surface area contributed by atoms with Crippen LogP contribution in [-0.4, -0.2) is 11.5 Å². The minimum Gasteiger partial charge on any atom is -0.416 e. The molecule has 0 spiro atoms. The zero-order valence-electron chi connectivity index (χ0n) is 7.39. The molecule has 0 saturated carbocycles. The molecule has 2 heterocycles. The van der Waals surface area contributed by atoms with Gasteiger partial charge in [0.15, 0.2) is 0 Å². The van der Waals surface area contributed by atoms with E-state index in [4.69, 9.17) is 4.74 Å². The number of ether oxygens (including phenoxy) is 1. The highest BCUT2D eigenvalue weighted by Gasteiger charge is 2.10. The zero-order valence-corrected chi connectivity index (χ0v) is 9.02. The molecule has 0 unspecified atom stereocenters. The molecule has 2 aromatic rings. The predicted octanol–water partition coefficient (Wildman–Crippen LogP) is 2.72. The molecule has 0 aliphatic rings. The second kappa shape index (κ2) is 3.89. The van der Waals surface area contributed by atoms with Crippen molar-refractivity contribution in [3.63, 3.8) is 0 Å². The van der Waals surface area contributed by atoms with Crippen LogP contribution in [0.25, 0.3) is 9.88 Å². The summed E-state index contributed by atoms with van der Waals surface area (Å²) in [6, 6.07) is 3.96. The van der Waals surface area contributed by atoms with Gasteiger partial charge in [-0.25, -0.2) is 4.98 Å². The van der Waals surface area contributed by atoms with E-state index in [1.807, 2.05) is 24.4 Å². The standard InChI is InChI=1S/C9H7NO2S2/c1-6-9(12-5-11)14-8(10-6)7-3-2-4-13-7/h2-5H,1H3. The first-order valence-electron chi connectivity index (χ1n) is 3.93. The van der Waals surface area contributed by atoms with Crippen molar-refractivity contribution < 1.29 is 9.53 Å². The summed E-state index contributed by atoms with van der Waals surface area (Å²) in [6.07, 6.45) is 0. The normalized spacial score (nSPS) is 10.1. The van der Waals surface area contributed by atoms with Gasteiger partial charge >= 0.3 is 0 Å². The molecule has 0 fully saturated rings. The number of rotatable bonds is 3. The van der Waals surface area contributed by atoms with E-state index in [0.717, 1.165) is 15.6 Å². The van der Waals surface area contributed by atoms with Gasteiger partial charge in [0.1, 0.15) is 5.01 Å². The molecule has 2 aromatic heterocycles. The lowest BCUT2D eigenvalue weighted by atomic mass is 10.5. The fourth-order valence-electron chi connectivity index (χ4n) is 1.04. The Morgan fingerprint density at radius 2 is 2.43 bits per heavy atom. The summed E-state index contributed by atoms with van der Waals surface area (Å²) in [5.74, 6) is 0. The highest BCUT2D eigenvalue weighted by molar-refractivity contribution is 7.22. The number of thiazole rings is 1. The fourth-order valence-corrected chi connectivity index (χ4v) is 2.73. The summed E-state index contributed by atoms with van der Waals surface area (Å²) >= 11 is 3.01. The first-order valence-corrected chi connectivity index (χ1v) is 5.62. The Balaban J connectivity index is 2.37. The van der Waals surface area contributed by atoms with Crippen molar-refractivity contribution in [1.82, 2.24) is 4.98 Å². The Morgan fingerprint density at radius 1 is 1.57 bits per heavy atom. The lowest BCUT2D eigenvalue weighted by molar-refractivity contribution is -0.120. The highest BCUT2D eigenvalue weighted by atomic mass is 32.1. The minimum atomic E-state index is 0.429. The third kappa shape index (κ3) is 1.69. The van der Waals surface area contributed by atoms with Crippen molar-refractivity contribution >= 4 is 29.1 Å². The van der Waals surface area contributed by atoms with Crippen LogP contribution in [0.4, 0.5) is 0 Å². The van der Waals surface area contributed by atoms with Crippen molar-refractivity contribution in [3.05, 3.63) is 23.2 Å². The molecule has 0 saturated heterocycles. The predicted molar refractivity (Wildman–Crippen MR) is 56.9 cm³/mol. The van der Waals surface area contributed by atoms with Crippen molar-refractivity contribution in [2.75, 3.05) is 0 Å². The molecule has 72 valence electrons. The molecule has 0 atom stereocenters. The van der Waals surface area contributed by atoms with Crippen LogP contribution >= 0.6 is 22.7 Å². The van der Waals surface area contributed by atoms with Crippen LogP contribution in [0.2, 0.25) is 0 Å². The molecule has 0 aliphatic heterocycles. The van der Waals surface area contributed by atoms with E-state index < -0.39 is 0 Å². The van der Waals surface area contributed by atoms with Crippen LogP contribution < -0.4 is 4.74 Å². The van der Waals surface area contributed by atoms with Crippen LogP contribution in [0.15, 0.2) is 17.5 Å². The number of carbonyl (C=O) groups is 1. The second-order valence-electron chi connectivity index (χ2n) is 2.58.